The van der Waals surface area contributed by atoms with Crippen molar-refractivity contribution in [2.75, 3.05) is 13.2 Å². The number of ketones is 1. The van der Waals surface area contributed by atoms with Gasteiger partial charge in [0.15, 0.2) is 0 Å². The van der Waals surface area contributed by atoms with Crippen LogP contribution in [0.5, 0.6) is 0 Å². The van der Waals surface area contributed by atoms with E-state index in [4.69, 9.17) is 10.5 Å². The van der Waals surface area contributed by atoms with Crippen molar-refractivity contribution in [3.05, 3.63) is 35.4 Å². The van der Waals surface area contributed by atoms with Gasteiger partial charge in [0.05, 0.1) is 12.7 Å². The van der Waals surface area contributed by atoms with E-state index < -0.39 is 0 Å². The van der Waals surface area contributed by atoms with Crippen molar-refractivity contribution >= 4 is 5.78 Å². The molecule has 1 aliphatic rings. The molecular weight excluding hydrogens is 226 g/mol. The lowest BCUT2D eigenvalue weighted by atomic mass is 9.94. The zero-order chi connectivity index (χ0) is 12.8. The highest BCUT2D eigenvalue weighted by atomic mass is 16.5. The molecule has 1 atom stereocenters. The second-order valence-electron chi connectivity index (χ2n) is 4.80. The van der Waals surface area contributed by atoms with E-state index in [1.165, 1.54) is 11.1 Å². The predicted octanol–water partition coefficient (Wildman–Crippen LogP) is 2.39. The van der Waals surface area contributed by atoms with E-state index >= 15 is 0 Å². The van der Waals surface area contributed by atoms with Gasteiger partial charge >= 0.3 is 0 Å². The maximum atomic E-state index is 11.9. The van der Waals surface area contributed by atoms with Crippen molar-refractivity contribution in [3.8, 4) is 0 Å². The summed E-state index contributed by atoms with van der Waals surface area (Å²) in [6.45, 7) is 1.38. The molecule has 98 valence electrons. The topological polar surface area (TPSA) is 52.3 Å². The van der Waals surface area contributed by atoms with E-state index in [9.17, 15) is 4.79 Å². The average molecular weight is 247 g/mol. The number of hydrogen-bond acceptors (Lipinski definition) is 3. The number of nitrogens with two attached hydrogens (primary N) is 1. The van der Waals surface area contributed by atoms with Gasteiger partial charge in [-0.05, 0) is 36.9 Å². The second kappa shape index (κ2) is 6.66. The normalized spacial score (nSPS) is 18.4. The van der Waals surface area contributed by atoms with Crippen molar-refractivity contribution in [1.29, 1.82) is 0 Å². The molecule has 2 N–H and O–H groups in total. The van der Waals surface area contributed by atoms with Gasteiger partial charge < -0.3 is 10.5 Å². The van der Waals surface area contributed by atoms with E-state index in [-0.39, 0.29) is 11.9 Å². The molecule has 1 aromatic rings. The average Bonchev–Trinajstić information content (AvgIpc) is 2.39. The summed E-state index contributed by atoms with van der Waals surface area (Å²) in [4.78, 5) is 11.9. The third-order valence-corrected chi connectivity index (χ3v) is 3.42. The van der Waals surface area contributed by atoms with E-state index in [0.717, 1.165) is 25.9 Å². The minimum absolute atomic E-state index is 0.0414. The molecular formula is C15H21NO2. The zero-order valence-corrected chi connectivity index (χ0v) is 10.7. The number of benzene rings is 1. The standard InChI is InChI=1S/C15H21NO2/c16-9-4-3-6-13(17)11-15-14-7-2-1-5-12(14)8-10-18-15/h1-2,5,7,15H,3-4,6,8-11,16H2. The number of hydrogen-bond donors (Lipinski definition) is 1. The van der Waals surface area contributed by atoms with Crippen molar-refractivity contribution in [2.24, 2.45) is 5.73 Å². The van der Waals surface area contributed by atoms with Gasteiger partial charge in [0.25, 0.3) is 0 Å². The first kappa shape index (κ1) is 13.2. The molecule has 3 heteroatoms. The lowest BCUT2D eigenvalue weighted by molar-refractivity contribution is -0.122. The molecule has 2 rings (SSSR count). The number of fused-ring (bicyclic) bond motifs is 1. The molecule has 0 fully saturated rings. The molecule has 0 saturated heterocycles. The van der Waals surface area contributed by atoms with E-state index in [0.29, 0.717) is 19.4 Å². The van der Waals surface area contributed by atoms with Gasteiger partial charge in [0.1, 0.15) is 5.78 Å². The molecule has 1 aromatic carbocycles. The van der Waals surface area contributed by atoms with Gasteiger partial charge in [-0.3, -0.25) is 4.79 Å². The maximum absolute atomic E-state index is 11.9. The van der Waals surface area contributed by atoms with Crippen LogP contribution in [0, 0.1) is 0 Å². The van der Waals surface area contributed by atoms with Crippen LogP contribution in [0.1, 0.15) is 42.9 Å². The summed E-state index contributed by atoms with van der Waals surface area (Å²) in [7, 11) is 0. The van der Waals surface area contributed by atoms with Crippen molar-refractivity contribution in [3.63, 3.8) is 0 Å². The van der Waals surface area contributed by atoms with E-state index in [1.807, 2.05) is 12.1 Å². The molecule has 0 bridgehead atoms. The third-order valence-electron chi connectivity index (χ3n) is 3.42. The van der Waals surface area contributed by atoms with Crippen LogP contribution in [0.3, 0.4) is 0 Å². The van der Waals surface area contributed by atoms with Crippen molar-refractivity contribution in [2.45, 2.75) is 38.2 Å². The lowest BCUT2D eigenvalue weighted by Crippen LogP contribution is -2.19. The quantitative estimate of drug-likeness (QED) is 0.785. The first-order chi connectivity index (χ1) is 8.81. The Labute approximate surface area is 108 Å². The minimum atomic E-state index is -0.0414. The lowest BCUT2D eigenvalue weighted by Gasteiger charge is -2.25. The van der Waals surface area contributed by atoms with Gasteiger partial charge in [0.2, 0.25) is 0 Å². The van der Waals surface area contributed by atoms with Gasteiger partial charge in [-0.15, -0.1) is 0 Å². The molecule has 1 unspecified atom stereocenters. The van der Waals surface area contributed by atoms with Crippen molar-refractivity contribution in [1.82, 2.24) is 0 Å². The Morgan fingerprint density at radius 2 is 2.17 bits per heavy atom. The Morgan fingerprint density at radius 3 is 3.00 bits per heavy atom. The van der Waals surface area contributed by atoms with Crippen LogP contribution in [-0.4, -0.2) is 18.9 Å². The molecule has 3 nitrogen and oxygen atoms in total. The van der Waals surface area contributed by atoms with Crippen LogP contribution in [0.4, 0.5) is 0 Å². The molecule has 1 heterocycles. The Balaban J connectivity index is 1.92. The predicted molar refractivity (Wildman–Crippen MR) is 71.4 cm³/mol. The fourth-order valence-corrected chi connectivity index (χ4v) is 2.42. The second-order valence-corrected chi connectivity index (χ2v) is 4.80. The van der Waals surface area contributed by atoms with Crippen LogP contribution in [0.25, 0.3) is 0 Å². The first-order valence-corrected chi connectivity index (χ1v) is 6.72. The monoisotopic (exact) mass is 247 g/mol. The fraction of sp³-hybridized carbons (Fsp3) is 0.533. The summed E-state index contributed by atoms with van der Waals surface area (Å²) in [6.07, 6.45) is 3.85. The summed E-state index contributed by atoms with van der Waals surface area (Å²) in [6, 6.07) is 8.26. The minimum Gasteiger partial charge on any atom is -0.373 e. The molecule has 18 heavy (non-hydrogen) atoms. The highest BCUT2D eigenvalue weighted by molar-refractivity contribution is 5.79. The number of carbonyl (C=O) groups excluding carboxylic acids is 1. The highest BCUT2D eigenvalue weighted by Gasteiger charge is 2.22. The molecule has 0 aliphatic carbocycles. The fourth-order valence-electron chi connectivity index (χ4n) is 2.42. The molecule has 0 aromatic heterocycles. The molecule has 0 radical (unpaired) electrons. The zero-order valence-electron chi connectivity index (χ0n) is 10.7. The number of carbonyl (C=O) groups is 1. The Kier molecular flexibility index (Phi) is 4.90. The Hall–Kier alpha value is -1.19. The third kappa shape index (κ3) is 3.40. The molecule has 0 spiro atoms. The van der Waals surface area contributed by atoms with Crippen LogP contribution in [0.15, 0.2) is 24.3 Å². The van der Waals surface area contributed by atoms with Crippen molar-refractivity contribution < 1.29 is 9.53 Å². The number of rotatable bonds is 6. The van der Waals surface area contributed by atoms with Crippen LogP contribution >= 0.6 is 0 Å². The summed E-state index contributed by atoms with van der Waals surface area (Å²) in [5.41, 5.74) is 7.94. The largest absolute Gasteiger partial charge is 0.373 e. The number of ether oxygens (including phenoxy) is 1. The summed E-state index contributed by atoms with van der Waals surface area (Å²) < 4.78 is 5.74. The van der Waals surface area contributed by atoms with Gasteiger partial charge in [-0.2, -0.15) is 0 Å². The molecule has 0 saturated carbocycles. The Morgan fingerprint density at radius 1 is 1.33 bits per heavy atom. The van der Waals surface area contributed by atoms with Gasteiger partial charge in [-0.1, -0.05) is 24.3 Å². The summed E-state index contributed by atoms with van der Waals surface area (Å²) in [5.74, 6) is 0.283. The van der Waals surface area contributed by atoms with Gasteiger partial charge in [-0.25, -0.2) is 0 Å². The van der Waals surface area contributed by atoms with Gasteiger partial charge in [0, 0.05) is 12.8 Å². The smallest absolute Gasteiger partial charge is 0.135 e. The Bertz CT molecular complexity index is 403. The number of unbranched alkanes of at least 4 members (excludes halogenated alkanes) is 1. The number of Topliss-reactive ketones (excluding diaryl/α,β-unsaturated/α-hetero) is 1. The van der Waals surface area contributed by atoms with E-state index in [1.54, 1.807) is 0 Å². The SMILES string of the molecule is NCCCCC(=O)CC1OCCc2ccccc21. The summed E-state index contributed by atoms with van der Waals surface area (Å²) >= 11 is 0. The highest BCUT2D eigenvalue weighted by Crippen LogP contribution is 2.30. The van der Waals surface area contributed by atoms with E-state index in [2.05, 4.69) is 12.1 Å². The molecule has 1 aliphatic heterocycles. The van der Waals surface area contributed by atoms with Crippen LogP contribution in [0.2, 0.25) is 0 Å². The van der Waals surface area contributed by atoms with Crippen LogP contribution < -0.4 is 5.73 Å². The maximum Gasteiger partial charge on any atom is 0.135 e. The van der Waals surface area contributed by atoms with Crippen LogP contribution in [-0.2, 0) is 16.0 Å². The first-order valence-electron chi connectivity index (χ1n) is 6.72. The summed E-state index contributed by atoms with van der Waals surface area (Å²) in [5, 5.41) is 0. The molecule has 0 amide bonds.